The molecule has 0 spiro atoms. The van der Waals surface area contributed by atoms with Crippen molar-refractivity contribution in [2.45, 2.75) is 51.6 Å². The molecule has 1 aliphatic rings. The fourth-order valence-electron chi connectivity index (χ4n) is 1.91. The Morgan fingerprint density at radius 1 is 1.33 bits per heavy atom. The predicted octanol–water partition coefficient (Wildman–Crippen LogP) is 3.20. The first kappa shape index (κ1) is 10.0. The van der Waals surface area contributed by atoms with Crippen molar-refractivity contribution in [1.29, 1.82) is 0 Å². The van der Waals surface area contributed by atoms with E-state index < -0.39 is 0 Å². The number of hydrogen-bond donors (Lipinski definition) is 0. The zero-order valence-corrected chi connectivity index (χ0v) is 8.22. The largest absolute Gasteiger partial charge is 0.378 e. The normalized spacial score (nSPS) is 20.2. The first-order chi connectivity index (χ1) is 5.79. The van der Waals surface area contributed by atoms with Gasteiger partial charge in [-0.15, -0.1) is 0 Å². The van der Waals surface area contributed by atoms with Gasteiger partial charge in [0.15, 0.2) is 0 Å². The lowest BCUT2D eigenvalue weighted by Gasteiger charge is -2.21. The number of rotatable bonds is 4. The minimum atomic E-state index is 0.161. The van der Waals surface area contributed by atoms with Gasteiger partial charge in [-0.05, 0) is 26.2 Å². The molecule has 1 radical (unpaired) electrons. The second-order valence-electron chi connectivity index (χ2n) is 3.97. The molecule has 0 N–H and O–H groups in total. The molecule has 1 saturated carbocycles. The molecule has 0 amide bonds. The van der Waals surface area contributed by atoms with Crippen LogP contribution < -0.4 is 0 Å². The highest BCUT2D eigenvalue weighted by molar-refractivity contribution is 4.65. The Morgan fingerprint density at radius 3 is 2.58 bits per heavy atom. The van der Waals surface area contributed by atoms with E-state index in [1.165, 1.54) is 38.5 Å². The van der Waals surface area contributed by atoms with Gasteiger partial charge in [-0.25, -0.2) is 0 Å². The fourth-order valence-corrected chi connectivity index (χ4v) is 1.91. The van der Waals surface area contributed by atoms with Crippen LogP contribution in [0.25, 0.3) is 0 Å². The summed E-state index contributed by atoms with van der Waals surface area (Å²) in [5, 5.41) is 0. The molecule has 1 unspecified atom stereocenters. The van der Waals surface area contributed by atoms with Crippen molar-refractivity contribution in [2.75, 3.05) is 6.61 Å². The monoisotopic (exact) mass is 169 g/mol. The summed E-state index contributed by atoms with van der Waals surface area (Å²) >= 11 is 0. The lowest BCUT2D eigenvalue weighted by atomic mass is 9.87. The molecule has 1 heteroatoms. The molecule has 1 rings (SSSR count). The van der Waals surface area contributed by atoms with E-state index in [2.05, 4.69) is 6.92 Å². The quantitative estimate of drug-likeness (QED) is 0.628. The van der Waals surface area contributed by atoms with Gasteiger partial charge < -0.3 is 4.74 Å². The molecule has 0 heterocycles. The molecule has 71 valence electrons. The van der Waals surface area contributed by atoms with Crippen LogP contribution in [0.3, 0.4) is 0 Å². The first-order valence-corrected chi connectivity index (χ1v) is 5.23. The Labute approximate surface area is 76.5 Å². The highest BCUT2D eigenvalue weighted by atomic mass is 16.5. The summed E-state index contributed by atoms with van der Waals surface area (Å²) in [4.78, 5) is 0. The van der Waals surface area contributed by atoms with Crippen LogP contribution in [0, 0.1) is 12.8 Å². The lowest BCUT2D eigenvalue weighted by Crippen LogP contribution is -2.12. The zero-order chi connectivity index (χ0) is 8.81. The second kappa shape index (κ2) is 5.58. The predicted molar refractivity (Wildman–Crippen MR) is 52.0 cm³/mol. The molecule has 1 atom stereocenters. The van der Waals surface area contributed by atoms with E-state index in [-0.39, 0.29) is 6.10 Å². The molecule has 1 aliphatic carbocycles. The van der Waals surface area contributed by atoms with Crippen molar-refractivity contribution in [3.63, 3.8) is 0 Å². The van der Waals surface area contributed by atoms with Gasteiger partial charge in [0.05, 0.1) is 6.10 Å². The van der Waals surface area contributed by atoms with Crippen LogP contribution in [-0.4, -0.2) is 12.7 Å². The van der Waals surface area contributed by atoms with E-state index in [0.29, 0.717) is 0 Å². The molecule has 0 bridgehead atoms. The van der Waals surface area contributed by atoms with Crippen LogP contribution in [0.5, 0.6) is 0 Å². The summed E-state index contributed by atoms with van der Waals surface area (Å²) < 4.78 is 5.43. The topological polar surface area (TPSA) is 9.23 Å². The van der Waals surface area contributed by atoms with Gasteiger partial charge in [-0.1, -0.05) is 32.1 Å². The minimum Gasteiger partial charge on any atom is -0.378 e. The SMILES string of the molecule is [CH2]C(C)OCCC1CCCCC1. The van der Waals surface area contributed by atoms with Gasteiger partial charge in [0.1, 0.15) is 0 Å². The van der Waals surface area contributed by atoms with Crippen LogP contribution >= 0.6 is 0 Å². The summed E-state index contributed by atoms with van der Waals surface area (Å²) in [6.45, 7) is 6.71. The van der Waals surface area contributed by atoms with Gasteiger partial charge in [0.2, 0.25) is 0 Å². The van der Waals surface area contributed by atoms with Gasteiger partial charge in [-0.3, -0.25) is 0 Å². The smallest absolute Gasteiger partial charge is 0.0547 e. The van der Waals surface area contributed by atoms with Gasteiger partial charge >= 0.3 is 0 Å². The summed E-state index contributed by atoms with van der Waals surface area (Å²) in [5.41, 5.74) is 0. The fraction of sp³-hybridized carbons (Fsp3) is 0.909. The van der Waals surface area contributed by atoms with Crippen molar-refractivity contribution < 1.29 is 4.74 Å². The summed E-state index contributed by atoms with van der Waals surface area (Å²) in [6.07, 6.45) is 8.58. The van der Waals surface area contributed by atoms with E-state index in [1.54, 1.807) is 0 Å². The molecular formula is C11H21O. The second-order valence-corrected chi connectivity index (χ2v) is 3.97. The molecule has 1 fully saturated rings. The maximum atomic E-state index is 5.43. The first-order valence-electron chi connectivity index (χ1n) is 5.23. The minimum absolute atomic E-state index is 0.161. The Hall–Kier alpha value is -0.0400. The van der Waals surface area contributed by atoms with Gasteiger partial charge in [0.25, 0.3) is 0 Å². The Morgan fingerprint density at radius 2 is 2.00 bits per heavy atom. The van der Waals surface area contributed by atoms with Crippen molar-refractivity contribution >= 4 is 0 Å². The third-order valence-electron chi connectivity index (χ3n) is 2.65. The summed E-state index contributed by atoms with van der Waals surface area (Å²) in [5.74, 6) is 0.942. The molecule has 1 nitrogen and oxygen atoms in total. The summed E-state index contributed by atoms with van der Waals surface area (Å²) in [6, 6.07) is 0. The van der Waals surface area contributed by atoms with Crippen molar-refractivity contribution in [1.82, 2.24) is 0 Å². The molecule has 12 heavy (non-hydrogen) atoms. The molecular weight excluding hydrogens is 148 g/mol. The van der Waals surface area contributed by atoms with E-state index in [1.807, 2.05) is 6.92 Å². The average molecular weight is 169 g/mol. The van der Waals surface area contributed by atoms with E-state index in [9.17, 15) is 0 Å². The maximum Gasteiger partial charge on any atom is 0.0547 e. The lowest BCUT2D eigenvalue weighted by molar-refractivity contribution is 0.0798. The zero-order valence-electron chi connectivity index (χ0n) is 8.22. The van der Waals surface area contributed by atoms with Crippen molar-refractivity contribution in [3.05, 3.63) is 6.92 Å². The van der Waals surface area contributed by atoms with Crippen molar-refractivity contribution in [3.8, 4) is 0 Å². The highest BCUT2D eigenvalue weighted by Gasteiger charge is 2.12. The molecule has 0 aromatic carbocycles. The number of ether oxygens (including phenoxy) is 1. The number of hydrogen-bond acceptors (Lipinski definition) is 1. The van der Waals surface area contributed by atoms with Crippen molar-refractivity contribution in [2.24, 2.45) is 5.92 Å². The molecule has 0 aromatic heterocycles. The summed E-state index contributed by atoms with van der Waals surface area (Å²) in [7, 11) is 0. The van der Waals surface area contributed by atoms with Crippen LogP contribution in [0.15, 0.2) is 0 Å². The van der Waals surface area contributed by atoms with Crippen LogP contribution in [-0.2, 0) is 4.74 Å². The van der Waals surface area contributed by atoms with Crippen LogP contribution in [0.1, 0.15) is 45.4 Å². The standard InChI is InChI=1S/C11H21O/c1-10(2)12-9-8-11-6-4-3-5-7-11/h10-11H,1,3-9H2,2H3. The molecule has 0 saturated heterocycles. The molecule has 0 aliphatic heterocycles. The highest BCUT2D eigenvalue weighted by Crippen LogP contribution is 2.26. The third kappa shape index (κ3) is 4.10. The molecule has 0 aromatic rings. The van der Waals surface area contributed by atoms with E-state index in [0.717, 1.165) is 12.5 Å². The van der Waals surface area contributed by atoms with Gasteiger partial charge in [0, 0.05) is 6.61 Å². The van der Waals surface area contributed by atoms with Gasteiger partial charge in [-0.2, -0.15) is 0 Å². The van der Waals surface area contributed by atoms with E-state index in [4.69, 9.17) is 4.74 Å². The Balaban J connectivity index is 1.98. The Bertz CT molecular complexity index is 104. The third-order valence-corrected chi connectivity index (χ3v) is 2.65. The average Bonchev–Trinajstić information content (AvgIpc) is 2.05. The Kier molecular flexibility index (Phi) is 4.67. The van der Waals surface area contributed by atoms with E-state index >= 15 is 0 Å². The van der Waals surface area contributed by atoms with Crippen LogP contribution in [0.4, 0.5) is 0 Å². The van der Waals surface area contributed by atoms with Crippen LogP contribution in [0.2, 0.25) is 0 Å². The maximum absolute atomic E-state index is 5.43.